The first-order valence-corrected chi connectivity index (χ1v) is 11.1. The van der Waals surface area contributed by atoms with E-state index in [1.54, 1.807) is 25.1 Å². The maximum Gasteiger partial charge on any atom is 0.279 e. The first kappa shape index (κ1) is 22.0. The summed E-state index contributed by atoms with van der Waals surface area (Å²) < 4.78 is 29.8. The van der Waals surface area contributed by atoms with E-state index in [4.69, 9.17) is 0 Å². The van der Waals surface area contributed by atoms with E-state index in [0.717, 1.165) is 25.7 Å². The summed E-state index contributed by atoms with van der Waals surface area (Å²) in [4.78, 5) is 26.6. The maximum atomic E-state index is 14.7. The van der Waals surface area contributed by atoms with Crippen molar-refractivity contribution in [3.8, 4) is 0 Å². The molecule has 168 valence electrons. The monoisotopic (exact) mass is 439 g/mol. The molecule has 3 aromatic rings. The Morgan fingerprint density at radius 3 is 2.59 bits per heavy atom. The number of benzene rings is 2. The molecule has 1 fully saturated rings. The van der Waals surface area contributed by atoms with E-state index in [-0.39, 0.29) is 34.1 Å². The molecule has 0 unspecified atom stereocenters. The Labute approximate surface area is 185 Å². The lowest BCUT2D eigenvalue weighted by atomic mass is 9.77. The number of nitrogens with one attached hydrogen (secondary N) is 2. The van der Waals surface area contributed by atoms with E-state index in [1.165, 1.54) is 28.9 Å². The summed E-state index contributed by atoms with van der Waals surface area (Å²) in [7, 11) is 0. The lowest BCUT2D eigenvalue weighted by Gasteiger charge is -2.35. The molecule has 4 rings (SSSR count). The lowest BCUT2D eigenvalue weighted by molar-refractivity contribution is 0.0900. The van der Waals surface area contributed by atoms with Gasteiger partial charge in [-0.2, -0.15) is 0 Å². The van der Waals surface area contributed by atoms with E-state index in [0.29, 0.717) is 17.8 Å². The molecule has 1 saturated carbocycles. The van der Waals surface area contributed by atoms with E-state index >= 15 is 0 Å². The highest BCUT2D eigenvalue weighted by molar-refractivity contribution is 6.08. The molecule has 0 aliphatic heterocycles. The molecule has 0 bridgehead atoms. The highest BCUT2D eigenvalue weighted by atomic mass is 19.1. The fraction of sp³-hybridized carbons (Fsp3) is 0.360. The number of carbonyl (C=O) groups is 1. The average Bonchev–Trinajstić information content (AvgIpc) is 2.72. The summed E-state index contributed by atoms with van der Waals surface area (Å²) in [6, 6.07) is 10.2. The van der Waals surface area contributed by atoms with Crippen molar-refractivity contribution >= 4 is 16.7 Å². The summed E-state index contributed by atoms with van der Waals surface area (Å²) >= 11 is 0. The van der Waals surface area contributed by atoms with Crippen LogP contribution in [0.1, 0.15) is 60.3 Å². The van der Waals surface area contributed by atoms with Crippen LogP contribution >= 0.6 is 0 Å². The van der Waals surface area contributed by atoms with Crippen LogP contribution in [-0.4, -0.2) is 17.1 Å². The van der Waals surface area contributed by atoms with Gasteiger partial charge in [0.2, 0.25) is 0 Å². The largest absolute Gasteiger partial charge is 0.345 e. The minimum Gasteiger partial charge on any atom is -0.345 e. The Hall–Kier alpha value is -3.22. The molecule has 32 heavy (non-hydrogen) atoms. The number of halogens is 2. The van der Waals surface area contributed by atoms with E-state index in [9.17, 15) is 18.4 Å². The highest BCUT2D eigenvalue weighted by Gasteiger charge is 2.31. The number of amides is 1. The van der Waals surface area contributed by atoms with Gasteiger partial charge >= 0.3 is 0 Å². The Morgan fingerprint density at radius 2 is 1.94 bits per heavy atom. The van der Waals surface area contributed by atoms with Crippen LogP contribution < -0.4 is 16.3 Å². The number of rotatable bonds is 7. The van der Waals surface area contributed by atoms with Gasteiger partial charge in [0.25, 0.3) is 11.5 Å². The van der Waals surface area contributed by atoms with Crippen molar-refractivity contribution in [1.82, 2.24) is 9.99 Å². The van der Waals surface area contributed by atoms with Crippen LogP contribution in [0.15, 0.2) is 47.3 Å². The predicted octanol–water partition coefficient (Wildman–Crippen LogP) is 4.81. The second-order valence-corrected chi connectivity index (χ2v) is 8.37. The fourth-order valence-electron chi connectivity index (χ4n) is 4.38. The summed E-state index contributed by atoms with van der Waals surface area (Å²) in [5.74, 6) is -1.24. The Kier molecular flexibility index (Phi) is 6.26. The molecule has 1 aromatic heterocycles. The minimum absolute atomic E-state index is 0.127. The first-order chi connectivity index (χ1) is 15.4. The van der Waals surface area contributed by atoms with Gasteiger partial charge in [-0.25, -0.2) is 13.5 Å². The molecule has 5 nitrogen and oxygen atoms in total. The van der Waals surface area contributed by atoms with E-state index in [2.05, 4.69) is 10.7 Å². The molecule has 1 aliphatic rings. The van der Waals surface area contributed by atoms with Crippen LogP contribution in [0.5, 0.6) is 0 Å². The topological polar surface area (TPSA) is 63.1 Å². The fourth-order valence-corrected chi connectivity index (χ4v) is 4.38. The summed E-state index contributed by atoms with van der Waals surface area (Å²) in [5.41, 5.74) is 3.81. The van der Waals surface area contributed by atoms with Crippen LogP contribution in [0.2, 0.25) is 0 Å². The molecule has 1 atom stereocenters. The van der Waals surface area contributed by atoms with Crippen molar-refractivity contribution in [2.45, 2.75) is 45.6 Å². The Morgan fingerprint density at radius 1 is 1.19 bits per heavy atom. The highest BCUT2D eigenvalue weighted by Crippen LogP contribution is 2.38. The number of nitrogens with zero attached hydrogens (tertiary/aromatic N) is 1. The van der Waals surface area contributed by atoms with E-state index in [1.807, 2.05) is 6.92 Å². The molecule has 1 aliphatic carbocycles. The zero-order valence-corrected chi connectivity index (χ0v) is 18.3. The molecule has 1 heterocycles. The summed E-state index contributed by atoms with van der Waals surface area (Å²) in [5, 5.41) is 3.21. The van der Waals surface area contributed by atoms with Gasteiger partial charge in [0.05, 0.1) is 22.7 Å². The van der Waals surface area contributed by atoms with E-state index < -0.39 is 17.3 Å². The standard InChI is InChI=1S/C25H27F2N3O2/c1-3-13-28-30-15(2)21(19-11-6-12-20(27)22(19)25(30)32)24(31)29-23(16-7-4-8-16)17-9-5-10-18(26)14-17/h5-6,9-12,14,16,23,28H,3-4,7-8,13H2,1-2H3,(H,29,31)/t23-/m0/s1. The molecular weight excluding hydrogens is 412 g/mol. The maximum absolute atomic E-state index is 14.7. The molecule has 0 saturated heterocycles. The molecule has 2 aromatic carbocycles. The summed E-state index contributed by atoms with van der Waals surface area (Å²) in [6.07, 6.45) is 3.69. The number of aromatic nitrogens is 1. The number of carbonyl (C=O) groups excluding carboxylic acids is 1. The lowest BCUT2D eigenvalue weighted by Crippen LogP contribution is -2.39. The minimum atomic E-state index is -0.672. The van der Waals surface area contributed by atoms with Gasteiger partial charge in [0, 0.05) is 11.9 Å². The number of hydrogen-bond acceptors (Lipinski definition) is 3. The van der Waals surface area contributed by atoms with Gasteiger partial charge in [-0.1, -0.05) is 37.6 Å². The third-order valence-corrected chi connectivity index (χ3v) is 6.26. The van der Waals surface area contributed by atoms with Gasteiger partial charge < -0.3 is 10.7 Å². The molecule has 7 heteroatoms. The molecule has 2 N–H and O–H groups in total. The van der Waals surface area contributed by atoms with Crippen molar-refractivity contribution in [2.24, 2.45) is 5.92 Å². The second-order valence-electron chi connectivity index (χ2n) is 8.37. The smallest absolute Gasteiger partial charge is 0.279 e. The quantitative estimate of drug-likeness (QED) is 0.555. The number of fused-ring (bicyclic) bond motifs is 1. The van der Waals surface area contributed by atoms with Crippen molar-refractivity contribution in [1.29, 1.82) is 0 Å². The first-order valence-electron chi connectivity index (χ1n) is 11.1. The van der Waals surface area contributed by atoms with Crippen molar-refractivity contribution in [2.75, 3.05) is 12.0 Å². The van der Waals surface area contributed by atoms with Gasteiger partial charge in [-0.05, 0) is 55.9 Å². The summed E-state index contributed by atoms with van der Waals surface area (Å²) in [6.45, 7) is 4.12. The van der Waals surface area contributed by atoms with Crippen molar-refractivity contribution < 1.29 is 13.6 Å². The zero-order chi connectivity index (χ0) is 22.8. The second kappa shape index (κ2) is 9.10. The van der Waals surface area contributed by atoms with Gasteiger partial charge in [0.15, 0.2) is 0 Å². The average molecular weight is 440 g/mol. The third kappa shape index (κ3) is 3.99. The van der Waals surface area contributed by atoms with Gasteiger partial charge in [-0.15, -0.1) is 0 Å². The third-order valence-electron chi connectivity index (χ3n) is 6.26. The molecule has 1 amide bonds. The normalized spacial score (nSPS) is 14.8. The Balaban J connectivity index is 1.81. The Bertz CT molecular complexity index is 1220. The zero-order valence-electron chi connectivity index (χ0n) is 18.3. The van der Waals surface area contributed by atoms with Crippen LogP contribution in [-0.2, 0) is 0 Å². The van der Waals surface area contributed by atoms with Crippen LogP contribution in [0.25, 0.3) is 10.8 Å². The number of pyridine rings is 1. The predicted molar refractivity (Wildman–Crippen MR) is 121 cm³/mol. The van der Waals surface area contributed by atoms with Crippen LogP contribution in [0.4, 0.5) is 8.78 Å². The van der Waals surface area contributed by atoms with Crippen LogP contribution in [0.3, 0.4) is 0 Å². The van der Waals surface area contributed by atoms with Gasteiger partial charge in [-0.3, -0.25) is 9.59 Å². The van der Waals surface area contributed by atoms with Crippen LogP contribution in [0, 0.1) is 24.5 Å². The van der Waals surface area contributed by atoms with Crippen molar-refractivity contribution in [3.63, 3.8) is 0 Å². The molecule has 0 radical (unpaired) electrons. The molecular formula is C25H27F2N3O2. The van der Waals surface area contributed by atoms with Gasteiger partial charge in [0.1, 0.15) is 11.6 Å². The number of hydrogen-bond donors (Lipinski definition) is 2. The SMILES string of the molecule is CCCNn1c(C)c(C(=O)N[C@H](c2cccc(F)c2)C2CCC2)c2cccc(F)c2c1=O. The molecule has 0 spiro atoms. The van der Waals surface area contributed by atoms with Crippen molar-refractivity contribution in [3.05, 3.63) is 81.3 Å².